The van der Waals surface area contributed by atoms with Gasteiger partial charge in [-0.15, -0.1) is 0 Å². The minimum atomic E-state index is -3.71. The van der Waals surface area contributed by atoms with E-state index in [-0.39, 0.29) is 16.0 Å². The lowest BCUT2D eigenvalue weighted by molar-refractivity contribution is 0.587. The maximum atomic E-state index is 13.7. The van der Waals surface area contributed by atoms with Crippen molar-refractivity contribution in [2.45, 2.75) is 17.6 Å². The van der Waals surface area contributed by atoms with E-state index in [0.29, 0.717) is 11.3 Å². The van der Waals surface area contributed by atoms with Gasteiger partial charge in [0.15, 0.2) is 9.84 Å². The van der Waals surface area contributed by atoms with Crippen LogP contribution in [0.1, 0.15) is 16.7 Å². The lowest BCUT2D eigenvalue weighted by atomic mass is 10.1. The summed E-state index contributed by atoms with van der Waals surface area (Å²) >= 11 is 0. The summed E-state index contributed by atoms with van der Waals surface area (Å²) in [6.45, 7) is 1.70. The van der Waals surface area contributed by atoms with Gasteiger partial charge in [-0.2, -0.15) is 5.26 Å². The molecule has 0 bridgehead atoms. The second-order valence-corrected chi connectivity index (χ2v) is 6.69. The van der Waals surface area contributed by atoms with Gasteiger partial charge in [0.2, 0.25) is 0 Å². The van der Waals surface area contributed by atoms with Crippen molar-refractivity contribution in [3.63, 3.8) is 0 Å². The molecule has 0 radical (unpaired) electrons. The lowest BCUT2D eigenvalue weighted by Crippen LogP contribution is -2.07. The Hall–Kier alpha value is -2.39. The second-order valence-electron chi connectivity index (χ2n) is 4.70. The SMILES string of the molecule is Cc1cc(S(=O)(=O)Cc2cc(C#N)ccc2F)ccc1N. The predicted octanol–water partition coefficient (Wildman–Crippen LogP) is 2.56. The first-order valence-corrected chi connectivity index (χ1v) is 7.76. The first kappa shape index (κ1) is 15.0. The number of anilines is 1. The van der Waals surface area contributed by atoms with Crippen LogP contribution < -0.4 is 5.73 Å². The third kappa shape index (κ3) is 3.20. The molecule has 4 nitrogen and oxygen atoms in total. The third-order valence-electron chi connectivity index (χ3n) is 3.12. The van der Waals surface area contributed by atoms with E-state index in [0.717, 1.165) is 6.07 Å². The smallest absolute Gasteiger partial charge is 0.182 e. The zero-order valence-electron chi connectivity index (χ0n) is 11.3. The zero-order valence-corrected chi connectivity index (χ0v) is 12.1. The lowest BCUT2D eigenvalue weighted by Gasteiger charge is -2.08. The fourth-order valence-electron chi connectivity index (χ4n) is 1.88. The van der Waals surface area contributed by atoms with Crippen LogP contribution >= 0.6 is 0 Å². The van der Waals surface area contributed by atoms with E-state index < -0.39 is 21.4 Å². The molecule has 0 aliphatic carbocycles. The number of nitrogen functional groups attached to an aromatic ring is 1. The monoisotopic (exact) mass is 304 g/mol. The number of hydrogen-bond acceptors (Lipinski definition) is 4. The standard InChI is InChI=1S/C15H13FN2O2S/c1-10-6-13(3-5-15(10)18)21(19,20)9-12-7-11(8-17)2-4-14(12)16/h2-7H,9,18H2,1H3. The molecule has 108 valence electrons. The van der Waals surface area contributed by atoms with Gasteiger partial charge in [0.05, 0.1) is 22.3 Å². The Morgan fingerprint density at radius 1 is 1.24 bits per heavy atom. The Balaban J connectivity index is 2.42. The molecule has 2 rings (SSSR count). The molecule has 0 aromatic heterocycles. The highest BCUT2D eigenvalue weighted by Crippen LogP contribution is 2.22. The molecule has 0 fully saturated rings. The number of hydrogen-bond donors (Lipinski definition) is 1. The number of sulfone groups is 1. The van der Waals surface area contributed by atoms with Crippen LogP contribution in [-0.2, 0) is 15.6 Å². The van der Waals surface area contributed by atoms with Crippen molar-refractivity contribution in [1.29, 1.82) is 5.26 Å². The number of rotatable bonds is 3. The molecule has 0 spiro atoms. The summed E-state index contributed by atoms with van der Waals surface area (Å²) in [7, 11) is -3.71. The number of nitriles is 1. The van der Waals surface area contributed by atoms with Crippen LogP contribution in [0.5, 0.6) is 0 Å². The largest absolute Gasteiger partial charge is 0.399 e. The molecule has 2 aromatic rings. The maximum absolute atomic E-state index is 13.7. The first-order chi connectivity index (χ1) is 9.83. The molecule has 6 heteroatoms. The highest BCUT2D eigenvalue weighted by Gasteiger charge is 2.18. The number of aryl methyl sites for hydroxylation is 1. The number of benzene rings is 2. The molecule has 21 heavy (non-hydrogen) atoms. The molecule has 0 amide bonds. The van der Waals surface area contributed by atoms with Crippen LogP contribution in [0.4, 0.5) is 10.1 Å². The van der Waals surface area contributed by atoms with Gasteiger partial charge in [0.25, 0.3) is 0 Å². The Morgan fingerprint density at radius 2 is 1.95 bits per heavy atom. The predicted molar refractivity (Wildman–Crippen MR) is 77.6 cm³/mol. The van der Waals surface area contributed by atoms with Crippen molar-refractivity contribution in [3.8, 4) is 6.07 Å². The van der Waals surface area contributed by atoms with Gasteiger partial charge < -0.3 is 5.73 Å². The molecule has 0 unspecified atom stereocenters. The normalized spacial score (nSPS) is 11.1. The summed E-state index contributed by atoms with van der Waals surface area (Å²) in [6, 6.07) is 9.86. The van der Waals surface area contributed by atoms with Crippen LogP contribution in [0.3, 0.4) is 0 Å². The topological polar surface area (TPSA) is 84.0 Å². The van der Waals surface area contributed by atoms with Crippen LogP contribution in [0.2, 0.25) is 0 Å². The van der Waals surface area contributed by atoms with Crippen molar-refractivity contribution >= 4 is 15.5 Å². The third-order valence-corrected chi connectivity index (χ3v) is 4.78. The highest BCUT2D eigenvalue weighted by molar-refractivity contribution is 7.90. The van der Waals surface area contributed by atoms with Crippen molar-refractivity contribution in [1.82, 2.24) is 0 Å². The number of nitrogens with two attached hydrogens (primary N) is 1. The van der Waals surface area contributed by atoms with Crippen molar-refractivity contribution in [2.75, 3.05) is 5.73 Å². The molecule has 2 aromatic carbocycles. The molecule has 0 atom stereocenters. The molecule has 0 aliphatic heterocycles. The Bertz CT molecular complexity index is 839. The van der Waals surface area contributed by atoms with Gasteiger partial charge in [-0.1, -0.05) is 0 Å². The van der Waals surface area contributed by atoms with E-state index in [4.69, 9.17) is 11.0 Å². The van der Waals surface area contributed by atoms with Gasteiger partial charge >= 0.3 is 0 Å². The van der Waals surface area contributed by atoms with Crippen molar-refractivity contribution < 1.29 is 12.8 Å². The summed E-state index contributed by atoms with van der Waals surface area (Å²) in [4.78, 5) is 0.0796. The quantitative estimate of drug-likeness (QED) is 0.883. The number of halogens is 1. The average molecular weight is 304 g/mol. The summed E-state index contributed by atoms with van der Waals surface area (Å²) < 4.78 is 38.4. The zero-order chi connectivity index (χ0) is 15.6. The fourth-order valence-corrected chi connectivity index (χ4v) is 3.31. The van der Waals surface area contributed by atoms with Gasteiger partial charge in [-0.3, -0.25) is 0 Å². The number of nitrogens with zero attached hydrogens (tertiary/aromatic N) is 1. The Kier molecular flexibility index (Phi) is 3.96. The molecular weight excluding hydrogens is 291 g/mol. The van der Waals surface area contributed by atoms with E-state index >= 15 is 0 Å². The van der Waals surface area contributed by atoms with Crippen LogP contribution in [0.15, 0.2) is 41.3 Å². The minimum Gasteiger partial charge on any atom is -0.399 e. The van der Waals surface area contributed by atoms with E-state index in [1.54, 1.807) is 6.92 Å². The Labute approximate surface area is 122 Å². The maximum Gasteiger partial charge on any atom is 0.182 e. The Morgan fingerprint density at radius 3 is 2.57 bits per heavy atom. The summed E-state index contributed by atoms with van der Waals surface area (Å²) in [6.07, 6.45) is 0. The summed E-state index contributed by atoms with van der Waals surface area (Å²) in [5.41, 5.74) is 6.98. The van der Waals surface area contributed by atoms with Crippen LogP contribution in [0, 0.1) is 24.1 Å². The molecule has 0 aliphatic rings. The molecular formula is C15H13FN2O2S. The van der Waals surface area contributed by atoms with Crippen molar-refractivity contribution in [3.05, 3.63) is 58.9 Å². The average Bonchev–Trinajstić information content (AvgIpc) is 2.44. The highest BCUT2D eigenvalue weighted by atomic mass is 32.2. The summed E-state index contributed by atoms with van der Waals surface area (Å²) in [5, 5.41) is 8.80. The molecule has 2 N–H and O–H groups in total. The molecule has 0 heterocycles. The van der Waals surface area contributed by atoms with Crippen LogP contribution in [-0.4, -0.2) is 8.42 Å². The molecule has 0 saturated heterocycles. The van der Waals surface area contributed by atoms with E-state index in [1.807, 2.05) is 6.07 Å². The van der Waals surface area contributed by atoms with Gasteiger partial charge in [-0.25, -0.2) is 12.8 Å². The van der Waals surface area contributed by atoms with Crippen LogP contribution in [0.25, 0.3) is 0 Å². The van der Waals surface area contributed by atoms with Gasteiger partial charge in [0, 0.05) is 11.3 Å². The first-order valence-electron chi connectivity index (χ1n) is 6.11. The summed E-state index contributed by atoms with van der Waals surface area (Å²) in [5.74, 6) is -1.15. The molecule has 0 saturated carbocycles. The fraction of sp³-hybridized carbons (Fsp3) is 0.133. The van der Waals surface area contributed by atoms with E-state index in [9.17, 15) is 12.8 Å². The van der Waals surface area contributed by atoms with Gasteiger partial charge in [-0.05, 0) is 48.9 Å². The van der Waals surface area contributed by atoms with Crippen molar-refractivity contribution in [2.24, 2.45) is 0 Å². The minimum absolute atomic E-state index is 0.0245. The van der Waals surface area contributed by atoms with E-state index in [2.05, 4.69) is 0 Å². The second kappa shape index (κ2) is 5.54. The van der Waals surface area contributed by atoms with E-state index in [1.165, 1.54) is 30.3 Å². The van der Waals surface area contributed by atoms with Gasteiger partial charge in [0.1, 0.15) is 5.82 Å².